The van der Waals surface area contributed by atoms with E-state index in [0.717, 1.165) is 25.9 Å². The number of nitrogens with one attached hydrogen (secondary N) is 1. The molecule has 0 unspecified atom stereocenters. The second kappa shape index (κ2) is 4.28. The van der Waals surface area contributed by atoms with Crippen molar-refractivity contribution in [2.75, 3.05) is 13.2 Å². The highest BCUT2D eigenvalue weighted by Crippen LogP contribution is 2.24. The molecule has 0 spiro atoms. The fourth-order valence-corrected chi connectivity index (χ4v) is 2.23. The Balaban J connectivity index is 1.87. The number of carbonyl (C=O) groups is 1. The quantitative estimate of drug-likeness (QED) is 0.656. The molecule has 1 N–H and O–H groups in total. The lowest BCUT2D eigenvalue weighted by Gasteiger charge is -2.30. The summed E-state index contributed by atoms with van der Waals surface area (Å²) >= 11 is 0. The van der Waals surface area contributed by atoms with E-state index in [0.29, 0.717) is 18.8 Å². The van der Waals surface area contributed by atoms with E-state index in [9.17, 15) is 4.79 Å². The van der Waals surface area contributed by atoms with Gasteiger partial charge in [0.2, 0.25) is 0 Å². The minimum Gasteiger partial charge on any atom is -0.465 e. The van der Waals surface area contributed by atoms with Gasteiger partial charge in [-0.05, 0) is 26.2 Å². The van der Waals surface area contributed by atoms with Gasteiger partial charge in [-0.25, -0.2) is 0 Å². The largest absolute Gasteiger partial charge is 0.465 e. The van der Waals surface area contributed by atoms with Crippen LogP contribution in [0.2, 0.25) is 0 Å². The Labute approximate surface area is 84.0 Å². The normalized spacial score (nSPS) is 36.5. The van der Waals surface area contributed by atoms with E-state index >= 15 is 0 Å². The highest BCUT2D eigenvalue weighted by atomic mass is 16.5. The first-order valence-corrected chi connectivity index (χ1v) is 5.35. The van der Waals surface area contributed by atoms with Crippen LogP contribution in [-0.4, -0.2) is 37.4 Å². The molecular formula is C10H17NO3. The third kappa shape index (κ3) is 1.91. The minimum absolute atomic E-state index is 0.113. The Bertz CT molecular complexity index is 219. The summed E-state index contributed by atoms with van der Waals surface area (Å²) in [6.07, 6.45) is 3.14. The van der Waals surface area contributed by atoms with Crippen LogP contribution in [0.4, 0.5) is 0 Å². The van der Waals surface area contributed by atoms with Crippen molar-refractivity contribution in [3.63, 3.8) is 0 Å². The molecule has 0 saturated carbocycles. The van der Waals surface area contributed by atoms with Crippen molar-refractivity contribution in [2.24, 2.45) is 0 Å². The molecule has 3 atom stereocenters. The molecule has 4 heteroatoms. The molecule has 2 aliphatic rings. The Hall–Kier alpha value is -0.610. The van der Waals surface area contributed by atoms with Crippen LogP contribution >= 0.6 is 0 Å². The van der Waals surface area contributed by atoms with Crippen LogP contribution in [0.25, 0.3) is 0 Å². The van der Waals surface area contributed by atoms with E-state index in [1.807, 2.05) is 6.92 Å². The predicted molar refractivity (Wildman–Crippen MR) is 50.9 cm³/mol. The number of esters is 1. The summed E-state index contributed by atoms with van der Waals surface area (Å²) in [5.41, 5.74) is 0. The molecule has 0 aromatic heterocycles. The van der Waals surface area contributed by atoms with Gasteiger partial charge in [0.15, 0.2) is 0 Å². The van der Waals surface area contributed by atoms with Crippen molar-refractivity contribution in [3.05, 3.63) is 0 Å². The van der Waals surface area contributed by atoms with E-state index in [2.05, 4.69) is 5.32 Å². The standard InChI is InChI=1S/C10H17NO3/c1-2-13-10(12)8-3-4-9-7(11-8)5-6-14-9/h7-9,11H,2-6H2,1H3/t7-,8-,9-/m1/s1. The van der Waals surface area contributed by atoms with Gasteiger partial charge in [-0.1, -0.05) is 0 Å². The summed E-state index contributed by atoms with van der Waals surface area (Å²) in [5.74, 6) is -0.113. The van der Waals surface area contributed by atoms with Gasteiger partial charge in [-0.3, -0.25) is 10.1 Å². The maximum Gasteiger partial charge on any atom is 0.323 e. The number of hydrogen-bond acceptors (Lipinski definition) is 4. The SMILES string of the molecule is CCOC(=O)[C@H]1CC[C@H]2OCC[C@H]2N1. The second-order valence-corrected chi connectivity index (χ2v) is 3.85. The van der Waals surface area contributed by atoms with Crippen LogP contribution in [0.3, 0.4) is 0 Å². The van der Waals surface area contributed by atoms with Crippen molar-refractivity contribution in [1.82, 2.24) is 5.32 Å². The summed E-state index contributed by atoms with van der Waals surface area (Å²) in [6.45, 7) is 3.11. The number of rotatable bonds is 2. The third-order valence-corrected chi connectivity index (χ3v) is 2.94. The molecule has 4 nitrogen and oxygen atoms in total. The lowest BCUT2D eigenvalue weighted by molar-refractivity contribution is -0.147. The number of fused-ring (bicyclic) bond motifs is 1. The van der Waals surface area contributed by atoms with Crippen LogP contribution in [-0.2, 0) is 14.3 Å². The number of hydrogen-bond donors (Lipinski definition) is 1. The Morgan fingerprint density at radius 3 is 3.14 bits per heavy atom. The van der Waals surface area contributed by atoms with Crippen molar-refractivity contribution in [2.45, 2.75) is 44.4 Å². The average Bonchev–Trinajstić information content (AvgIpc) is 2.64. The van der Waals surface area contributed by atoms with E-state index in [-0.39, 0.29) is 12.0 Å². The summed E-state index contributed by atoms with van der Waals surface area (Å²) in [5, 5.41) is 3.30. The van der Waals surface area contributed by atoms with Crippen LogP contribution in [0.1, 0.15) is 26.2 Å². The van der Waals surface area contributed by atoms with Gasteiger partial charge in [-0.2, -0.15) is 0 Å². The van der Waals surface area contributed by atoms with E-state index in [4.69, 9.17) is 9.47 Å². The van der Waals surface area contributed by atoms with Crippen LogP contribution in [0.5, 0.6) is 0 Å². The predicted octanol–water partition coefficient (Wildman–Crippen LogP) is 0.459. The van der Waals surface area contributed by atoms with Gasteiger partial charge in [0.05, 0.1) is 12.7 Å². The first-order valence-electron chi connectivity index (χ1n) is 5.35. The van der Waals surface area contributed by atoms with Crippen LogP contribution < -0.4 is 5.32 Å². The number of piperidine rings is 1. The van der Waals surface area contributed by atoms with E-state index < -0.39 is 0 Å². The molecule has 0 bridgehead atoms. The lowest BCUT2D eigenvalue weighted by Crippen LogP contribution is -2.51. The van der Waals surface area contributed by atoms with E-state index in [1.54, 1.807) is 0 Å². The van der Waals surface area contributed by atoms with Gasteiger partial charge in [0, 0.05) is 12.6 Å². The molecule has 0 aromatic carbocycles. The fourth-order valence-electron chi connectivity index (χ4n) is 2.23. The molecule has 2 aliphatic heterocycles. The number of ether oxygens (including phenoxy) is 2. The second-order valence-electron chi connectivity index (χ2n) is 3.85. The van der Waals surface area contributed by atoms with Gasteiger partial charge >= 0.3 is 5.97 Å². The zero-order valence-electron chi connectivity index (χ0n) is 8.49. The lowest BCUT2D eigenvalue weighted by atomic mass is 9.96. The molecule has 0 aromatic rings. The van der Waals surface area contributed by atoms with Crippen molar-refractivity contribution >= 4 is 5.97 Å². The van der Waals surface area contributed by atoms with Gasteiger partial charge in [0.1, 0.15) is 6.04 Å². The molecule has 2 saturated heterocycles. The number of carbonyl (C=O) groups excluding carboxylic acids is 1. The van der Waals surface area contributed by atoms with Gasteiger partial charge < -0.3 is 9.47 Å². The Kier molecular flexibility index (Phi) is 3.03. The van der Waals surface area contributed by atoms with Crippen molar-refractivity contribution in [3.8, 4) is 0 Å². The molecule has 2 rings (SSSR count). The first kappa shape index (κ1) is 9.93. The summed E-state index contributed by atoms with van der Waals surface area (Å²) in [7, 11) is 0. The molecule has 2 heterocycles. The molecule has 0 amide bonds. The fraction of sp³-hybridized carbons (Fsp3) is 0.900. The minimum atomic E-state index is -0.113. The highest BCUT2D eigenvalue weighted by Gasteiger charge is 2.37. The summed E-state index contributed by atoms with van der Waals surface area (Å²) in [4.78, 5) is 11.5. The summed E-state index contributed by atoms with van der Waals surface area (Å²) < 4.78 is 10.5. The van der Waals surface area contributed by atoms with Crippen LogP contribution in [0, 0.1) is 0 Å². The monoisotopic (exact) mass is 199 g/mol. The Morgan fingerprint density at radius 2 is 2.36 bits per heavy atom. The van der Waals surface area contributed by atoms with Gasteiger partial charge in [0.25, 0.3) is 0 Å². The third-order valence-electron chi connectivity index (χ3n) is 2.94. The van der Waals surface area contributed by atoms with Crippen LogP contribution in [0.15, 0.2) is 0 Å². The maximum absolute atomic E-state index is 11.5. The van der Waals surface area contributed by atoms with Crippen molar-refractivity contribution < 1.29 is 14.3 Å². The summed E-state index contributed by atoms with van der Waals surface area (Å²) in [6, 6.07) is 0.246. The highest BCUT2D eigenvalue weighted by molar-refractivity contribution is 5.76. The molecule has 14 heavy (non-hydrogen) atoms. The van der Waals surface area contributed by atoms with Gasteiger partial charge in [-0.15, -0.1) is 0 Å². The topological polar surface area (TPSA) is 47.6 Å². The molecule has 80 valence electrons. The maximum atomic E-state index is 11.5. The smallest absolute Gasteiger partial charge is 0.323 e. The molecule has 0 radical (unpaired) electrons. The van der Waals surface area contributed by atoms with Crippen molar-refractivity contribution in [1.29, 1.82) is 0 Å². The average molecular weight is 199 g/mol. The van der Waals surface area contributed by atoms with E-state index in [1.165, 1.54) is 0 Å². The Morgan fingerprint density at radius 1 is 1.50 bits per heavy atom. The molecular weight excluding hydrogens is 182 g/mol. The zero-order valence-corrected chi connectivity index (χ0v) is 8.49. The molecule has 0 aliphatic carbocycles. The first-order chi connectivity index (χ1) is 6.81. The molecule has 2 fully saturated rings. The zero-order chi connectivity index (χ0) is 9.97.